The number of nitrogens with zero attached hydrogens (tertiary/aromatic N) is 4. The van der Waals surface area contributed by atoms with E-state index in [-0.39, 0.29) is 24.3 Å². The van der Waals surface area contributed by atoms with Crippen LogP contribution in [-0.2, 0) is 9.59 Å². The largest absolute Gasteiger partial charge is 0.326 e. The smallest absolute Gasteiger partial charge is 0.227 e. The third-order valence-corrected chi connectivity index (χ3v) is 3.49. The predicted octanol–water partition coefficient (Wildman–Crippen LogP) is 2.96. The summed E-state index contributed by atoms with van der Waals surface area (Å²) in [7, 11) is 0. The van der Waals surface area contributed by atoms with Gasteiger partial charge in [0.1, 0.15) is 0 Å². The molecule has 0 aliphatic carbocycles. The van der Waals surface area contributed by atoms with Gasteiger partial charge in [-0.1, -0.05) is 16.7 Å². The van der Waals surface area contributed by atoms with Crippen LogP contribution < -0.4 is 10.2 Å². The lowest BCUT2D eigenvalue weighted by Crippen LogP contribution is -2.25. The molecule has 1 saturated heterocycles. The van der Waals surface area contributed by atoms with Crippen LogP contribution in [0.3, 0.4) is 0 Å². The highest BCUT2D eigenvalue weighted by Crippen LogP contribution is 2.33. The molecule has 1 aromatic rings. The second kappa shape index (κ2) is 6.47. The normalized spacial score (nSPS) is 17.5. The number of rotatable bonds is 4. The van der Waals surface area contributed by atoms with Gasteiger partial charge in [0.05, 0.1) is 10.7 Å². The van der Waals surface area contributed by atoms with Crippen LogP contribution in [0.4, 0.5) is 11.4 Å². The molecule has 2 amide bonds. The molecule has 1 aliphatic heterocycles. The molecule has 1 atom stereocenters. The van der Waals surface area contributed by atoms with E-state index in [1.807, 2.05) is 0 Å². The molecule has 1 N–H and O–H groups in total. The van der Waals surface area contributed by atoms with Crippen molar-refractivity contribution in [3.63, 3.8) is 0 Å². The number of halogens is 1. The summed E-state index contributed by atoms with van der Waals surface area (Å²) in [5.74, 6) is -0.291. The van der Waals surface area contributed by atoms with E-state index in [1.54, 1.807) is 23.1 Å². The second-order valence-corrected chi connectivity index (χ2v) is 5.24. The first kappa shape index (κ1) is 15.2. The highest BCUT2D eigenvalue weighted by Gasteiger charge is 2.31. The Morgan fingerprint density at radius 1 is 1.62 bits per heavy atom. The van der Waals surface area contributed by atoms with Crippen LogP contribution in [0, 0.1) is 5.92 Å². The van der Waals surface area contributed by atoms with Crippen molar-refractivity contribution in [3.05, 3.63) is 33.7 Å². The Morgan fingerprint density at radius 2 is 2.38 bits per heavy atom. The minimum Gasteiger partial charge on any atom is -0.326 e. The van der Waals surface area contributed by atoms with Crippen molar-refractivity contribution >= 4 is 34.8 Å². The third-order valence-electron chi connectivity index (χ3n) is 3.17. The minimum atomic E-state index is -0.197. The number of benzene rings is 1. The molecule has 0 bridgehead atoms. The van der Waals surface area contributed by atoms with Crippen LogP contribution in [0.5, 0.6) is 0 Å². The van der Waals surface area contributed by atoms with Gasteiger partial charge in [0.2, 0.25) is 11.8 Å². The number of hydrogen-bond donors (Lipinski definition) is 1. The number of nitrogens with one attached hydrogen (secondary N) is 1. The van der Waals surface area contributed by atoms with Gasteiger partial charge in [-0.2, -0.15) is 0 Å². The molecule has 8 heteroatoms. The molecule has 0 aromatic heterocycles. The van der Waals surface area contributed by atoms with Crippen LogP contribution in [0.2, 0.25) is 5.02 Å². The Labute approximate surface area is 126 Å². The molecule has 1 aromatic carbocycles. The molecule has 21 heavy (non-hydrogen) atoms. The van der Waals surface area contributed by atoms with Crippen molar-refractivity contribution in [2.45, 2.75) is 13.3 Å². The zero-order valence-corrected chi connectivity index (χ0v) is 12.2. The second-order valence-electron chi connectivity index (χ2n) is 4.84. The number of amides is 2. The topological polar surface area (TPSA) is 98.2 Å². The fraction of sp³-hybridized carbons (Fsp3) is 0.385. The molecule has 110 valence electrons. The van der Waals surface area contributed by atoms with Crippen LogP contribution >= 0.6 is 11.6 Å². The van der Waals surface area contributed by atoms with Crippen molar-refractivity contribution < 1.29 is 9.59 Å². The monoisotopic (exact) mass is 307 g/mol. The molecule has 7 nitrogen and oxygen atoms in total. The molecule has 0 spiro atoms. The average molecular weight is 308 g/mol. The van der Waals surface area contributed by atoms with Crippen LogP contribution in [-0.4, -0.2) is 24.9 Å². The number of carbonyl (C=O) groups excluding carboxylic acids is 2. The summed E-state index contributed by atoms with van der Waals surface area (Å²) in [4.78, 5) is 27.4. The maximum absolute atomic E-state index is 12.1. The van der Waals surface area contributed by atoms with E-state index in [2.05, 4.69) is 15.3 Å². The Hall–Kier alpha value is -2.24. The third kappa shape index (κ3) is 3.65. The Balaban J connectivity index is 2.22. The summed E-state index contributed by atoms with van der Waals surface area (Å²) in [6, 6.07) is 4.97. The van der Waals surface area contributed by atoms with Gasteiger partial charge < -0.3 is 10.2 Å². The molecular formula is C13H14ClN5O2. The fourth-order valence-electron chi connectivity index (χ4n) is 2.29. The molecule has 2 rings (SSSR count). The van der Waals surface area contributed by atoms with E-state index in [1.165, 1.54) is 6.92 Å². The molecule has 1 heterocycles. The van der Waals surface area contributed by atoms with E-state index in [0.717, 1.165) is 0 Å². The molecule has 0 radical (unpaired) electrons. The molecule has 0 saturated carbocycles. The van der Waals surface area contributed by atoms with Crippen molar-refractivity contribution in [1.29, 1.82) is 0 Å². The van der Waals surface area contributed by atoms with Crippen molar-refractivity contribution in [2.75, 3.05) is 23.3 Å². The maximum atomic E-state index is 12.1. The van der Waals surface area contributed by atoms with Gasteiger partial charge in [0.25, 0.3) is 0 Å². The maximum Gasteiger partial charge on any atom is 0.227 e. The number of anilines is 2. The lowest BCUT2D eigenvalue weighted by Gasteiger charge is -2.19. The first-order valence-electron chi connectivity index (χ1n) is 6.39. The highest BCUT2D eigenvalue weighted by molar-refractivity contribution is 6.34. The summed E-state index contributed by atoms with van der Waals surface area (Å²) in [5, 5.41) is 6.59. The number of azide groups is 1. The summed E-state index contributed by atoms with van der Waals surface area (Å²) in [6.45, 7) is 2.13. The van der Waals surface area contributed by atoms with Crippen LogP contribution in [0.1, 0.15) is 13.3 Å². The zero-order valence-electron chi connectivity index (χ0n) is 11.4. The van der Waals surface area contributed by atoms with Gasteiger partial charge >= 0.3 is 0 Å². The van der Waals surface area contributed by atoms with Crippen molar-refractivity contribution in [2.24, 2.45) is 11.0 Å². The summed E-state index contributed by atoms with van der Waals surface area (Å²) >= 11 is 6.14. The number of hydrogen-bond acceptors (Lipinski definition) is 3. The standard InChI is InChI=1S/C13H14ClN5O2/c1-8(20)17-10-2-3-11(14)12(5-10)19-7-9(4-13(19)21)6-16-18-15/h2-3,5,9H,4,6-7H2,1H3,(H,17,20). The van der Waals surface area contributed by atoms with E-state index in [9.17, 15) is 9.59 Å². The first-order valence-corrected chi connectivity index (χ1v) is 6.77. The average Bonchev–Trinajstić information content (AvgIpc) is 2.79. The zero-order chi connectivity index (χ0) is 15.4. The lowest BCUT2D eigenvalue weighted by molar-refractivity contribution is -0.117. The minimum absolute atomic E-state index is 0.0195. The van der Waals surface area contributed by atoms with Gasteiger partial charge in [-0.25, -0.2) is 0 Å². The fourth-order valence-corrected chi connectivity index (χ4v) is 2.51. The SMILES string of the molecule is CC(=O)Nc1ccc(Cl)c(N2CC(CN=[N+]=[N-])CC2=O)c1. The quantitative estimate of drug-likeness (QED) is 0.525. The predicted molar refractivity (Wildman–Crippen MR) is 80.2 cm³/mol. The molecular weight excluding hydrogens is 294 g/mol. The molecule has 1 unspecified atom stereocenters. The van der Waals surface area contributed by atoms with E-state index in [0.29, 0.717) is 29.4 Å². The van der Waals surface area contributed by atoms with Gasteiger partial charge in [0.15, 0.2) is 0 Å². The lowest BCUT2D eigenvalue weighted by atomic mass is 10.1. The van der Waals surface area contributed by atoms with Crippen molar-refractivity contribution in [3.8, 4) is 0 Å². The van der Waals surface area contributed by atoms with Crippen LogP contribution in [0.25, 0.3) is 10.4 Å². The van der Waals surface area contributed by atoms with Crippen molar-refractivity contribution in [1.82, 2.24) is 0 Å². The van der Waals surface area contributed by atoms with E-state index < -0.39 is 0 Å². The van der Waals surface area contributed by atoms with Gasteiger partial charge in [-0.3, -0.25) is 9.59 Å². The summed E-state index contributed by atoms with van der Waals surface area (Å²) in [5.41, 5.74) is 9.47. The summed E-state index contributed by atoms with van der Waals surface area (Å²) < 4.78 is 0. The summed E-state index contributed by atoms with van der Waals surface area (Å²) in [6.07, 6.45) is 0.319. The highest BCUT2D eigenvalue weighted by atomic mass is 35.5. The van der Waals surface area contributed by atoms with Crippen LogP contribution in [0.15, 0.2) is 23.3 Å². The van der Waals surface area contributed by atoms with Gasteiger partial charge in [0, 0.05) is 37.0 Å². The van der Waals surface area contributed by atoms with E-state index >= 15 is 0 Å². The Bertz CT molecular complexity index is 627. The first-order chi connectivity index (χ1) is 10.0. The number of carbonyl (C=O) groups is 2. The van der Waals surface area contributed by atoms with Gasteiger partial charge in [-0.15, -0.1) is 0 Å². The molecule has 1 aliphatic rings. The molecule has 1 fully saturated rings. The van der Waals surface area contributed by atoms with E-state index in [4.69, 9.17) is 17.1 Å². The Morgan fingerprint density at radius 3 is 3.05 bits per heavy atom. The van der Waals surface area contributed by atoms with Gasteiger partial charge in [-0.05, 0) is 29.6 Å². The Kier molecular flexibility index (Phi) is 4.67.